The molecule has 1 heterocycles. The third-order valence-corrected chi connectivity index (χ3v) is 5.86. The van der Waals surface area contributed by atoms with Crippen LogP contribution in [0.2, 0.25) is 0 Å². The van der Waals surface area contributed by atoms with E-state index < -0.39 is 27.7 Å². The number of carbonyl (C=O) groups excluding carboxylic acids is 1. The van der Waals surface area contributed by atoms with Crippen molar-refractivity contribution in [1.82, 2.24) is 4.72 Å². The van der Waals surface area contributed by atoms with E-state index >= 15 is 0 Å². The molecule has 1 saturated heterocycles. The van der Waals surface area contributed by atoms with Crippen LogP contribution in [0.5, 0.6) is 0 Å². The standard InChI is InChI=1S/C19H19F3N2O4S/c20-19(21,22)14-5-7-15(8-6-14)24-18(25)13-3-9-17(10-4-13)29(26,27)23-12-16-2-1-11-28-16/h3-10,16,23H,1-2,11-12H2,(H,24,25)/t16-/m1/s1. The molecule has 1 aliphatic rings. The van der Waals surface area contributed by atoms with E-state index in [1.165, 1.54) is 24.3 Å². The van der Waals surface area contributed by atoms with Gasteiger partial charge in [-0.25, -0.2) is 13.1 Å². The van der Waals surface area contributed by atoms with Crippen LogP contribution in [0.1, 0.15) is 28.8 Å². The molecule has 0 bridgehead atoms. The van der Waals surface area contributed by atoms with Crippen LogP contribution in [0.15, 0.2) is 53.4 Å². The first-order valence-electron chi connectivity index (χ1n) is 8.85. The quantitative estimate of drug-likeness (QED) is 0.739. The molecule has 29 heavy (non-hydrogen) atoms. The normalized spacial score (nSPS) is 17.3. The van der Waals surface area contributed by atoms with E-state index in [1.807, 2.05) is 0 Å². The monoisotopic (exact) mass is 428 g/mol. The average molecular weight is 428 g/mol. The summed E-state index contributed by atoms with van der Waals surface area (Å²) in [5.41, 5.74) is -0.457. The molecule has 1 atom stereocenters. The number of rotatable bonds is 6. The van der Waals surface area contributed by atoms with Crippen LogP contribution in [0.25, 0.3) is 0 Å². The minimum atomic E-state index is -4.46. The van der Waals surface area contributed by atoms with E-state index in [9.17, 15) is 26.4 Å². The van der Waals surface area contributed by atoms with E-state index in [4.69, 9.17) is 4.74 Å². The number of carbonyl (C=O) groups is 1. The molecule has 0 aromatic heterocycles. The molecular weight excluding hydrogens is 409 g/mol. The molecule has 0 aliphatic carbocycles. The van der Waals surface area contributed by atoms with E-state index in [-0.39, 0.29) is 28.8 Å². The molecule has 2 aromatic carbocycles. The van der Waals surface area contributed by atoms with Gasteiger partial charge in [0.15, 0.2) is 0 Å². The van der Waals surface area contributed by atoms with E-state index in [0.29, 0.717) is 6.61 Å². The number of nitrogens with one attached hydrogen (secondary N) is 2. The van der Waals surface area contributed by atoms with Crippen molar-refractivity contribution in [2.24, 2.45) is 0 Å². The van der Waals surface area contributed by atoms with Gasteiger partial charge < -0.3 is 10.1 Å². The second-order valence-electron chi connectivity index (χ2n) is 6.54. The molecule has 0 unspecified atom stereocenters. The summed E-state index contributed by atoms with van der Waals surface area (Å²) < 4.78 is 70.2. The third kappa shape index (κ3) is 5.55. The van der Waals surface area contributed by atoms with Crippen molar-refractivity contribution >= 4 is 21.6 Å². The summed E-state index contributed by atoms with van der Waals surface area (Å²) >= 11 is 0. The Labute approximate surface area is 166 Å². The lowest BCUT2D eigenvalue weighted by atomic mass is 10.2. The van der Waals surface area contributed by atoms with Crippen molar-refractivity contribution in [3.05, 3.63) is 59.7 Å². The molecule has 156 valence electrons. The van der Waals surface area contributed by atoms with E-state index in [0.717, 1.165) is 37.1 Å². The summed E-state index contributed by atoms with van der Waals surface area (Å²) in [5, 5.41) is 2.47. The fourth-order valence-corrected chi connectivity index (χ4v) is 3.89. The Bertz CT molecular complexity index is 952. The molecule has 6 nitrogen and oxygen atoms in total. The van der Waals surface area contributed by atoms with Crippen molar-refractivity contribution in [2.75, 3.05) is 18.5 Å². The Morgan fingerprint density at radius 3 is 2.28 bits per heavy atom. The third-order valence-electron chi connectivity index (χ3n) is 4.42. The average Bonchev–Trinajstić information content (AvgIpc) is 3.20. The molecule has 1 amide bonds. The van der Waals surface area contributed by atoms with Gasteiger partial charge in [0.1, 0.15) is 0 Å². The minimum Gasteiger partial charge on any atom is -0.377 e. The van der Waals surface area contributed by atoms with Gasteiger partial charge in [0.2, 0.25) is 10.0 Å². The summed E-state index contributed by atoms with van der Waals surface area (Å²) in [6.07, 6.45) is -2.90. The predicted molar refractivity (Wildman–Crippen MR) is 100 cm³/mol. The number of ether oxygens (including phenoxy) is 1. The van der Waals surface area contributed by atoms with Crippen LogP contribution >= 0.6 is 0 Å². The topological polar surface area (TPSA) is 84.5 Å². The van der Waals surface area contributed by atoms with Crippen LogP contribution in [-0.4, -0.2) is 33.6 Å². The van der Waals surface area contributed by atoms with Crippen LogP contribution in [0.4, 0.5) is 18.9 Å². The highest BCUT2D eigenvalue weighted by atomic mass is 32.2. The molecule has 1 fully saturated rings. The first-order chi connectivity index (χ1) is 13.6. The molecule has 0 spiro atoms. The molecule has 2 N–H and O–H groups in total. The molecule has 10 heteroatoms. The highest BCUT2D eigenvalue weighted by Crippen LogP contribution is 2.29. The van der Waals surface area contributed by atoms with Gasteiger partial charge in [-0.15, -0.1) is 0 Å². The SMILES string of the molecule is O=C(Nc1ccc(C(F)(F)F)cc1)c1ccc(S(=O)(=O)NC[C@H]2CCCO2)cc1. The molecular formula is C19H19F3N2O4S. The van der Waals surface area contributed by atoms with Gasteiger partial charge in [0.05, 0.1) is 16.6 Å². The number of anilines is 1. The van der Waals surface area contributed by atoms with Crippen LogP contribution in [0, 0.1) is 0 Å². The summed E-state index contributed by atoms with van der Waals surface area (Å²) in [6, 6.07) is 9.28. The Kier molecular flexibility index (Phi) is 6.25. The highest BCUT2D eigenvalue weighted by Gasteiger charge is 2.30. The number of hydrogen-bond donors (Lipinski definition) is 2. The van der Waals surface area contributed by atoms with Crippen LogP contribution in [-0.2, 0) is 20.9 Å². The molecule has 2 aromatic rings. The Morgan fingerprint density at radius 1 is 1.07 bits per heavy atom. The van der Waals surface area contributed by atoms with Gasteiger partial charge in [-0.1, -0.05) is 0 Å². The predicted octanol–water partition coefficient (Wildman–Crippen LogP) is 3.42. The van der Waals surface area contributed by atoms with Crippen molar-refractivity contribution in [2.45, 2.75) is 30.0 Å². The summed E-state index contributed by atoms with van der Waals surface area (Å²) in [4.78, 5) is 12.2. The first kappa shape index (κ1) is 21.3. The Hall–Kier alpha value is -2.43. The van der Waals surface area contributed by atoms with Gasteiger partial charge in [-0.05, 0) is 61.4 Å². The summed E-state index contributed by atoms with van der Waals surface area (Å²) in [5.74, 6) is -0.568. The summed E-state index contributed by atoms with van der Waals surface area (Å²) in [7, 11) is -3.74. The maximum Gasteiger partial charge on any atom is 0.416 e. The zero-order valence-corrected chi connectivity index (χ0v) is 16.0. The molecule has 1 aliphatic heterocycles. The zero-order valence-electron chi connectivity index (χ0n) is 15.2. The number of sulfonamides is 1. The van der Waals surface area contributed by atoms with E-state index in [1.54, 1.807) is 0 Å². The van der Waals surface area contributed by atoms with E-state index in [2.05, 4.69) is 10.0 Å². The largest absolute Gasteiger partial charge is 0.416 e. The smallest absolute Gasteiger partial charge is 0.377 e. The maximum atomic E-state index is 12.6. The highest BCUT2D eigenvalue weighted by molar-refractivity contribution is 7.89. The first-order valence-corrected chi connectivity index (χ1v) is 10.3. The summed E-state index contributed by atoms with van der Waals surface area (Å²) in [6.45, 7) is 0.799. The minimum absolute atomic E-state index is 0.00146. The van der Waals surface area contributed by atoms with Gasteiger partial charge in [-0.3, -0.25) is 4.79 Å². The fourth-order valence-electron chi connectivity index (χ4n) is 2.82. The van der Waals surface area contributed by atoms with Gasteiger partial charge in [0.25, 0.3) is 5.91 Å². The maximum absolute atomic E-state index is 12.6. The van der Waals surface area contributed by atoms with Crippen LogP contribution in [0.3, 0.4) is 0 Å². The lowest BCUT2D eigenvalue weighted by Crippen LogP contribution is -2.31. The Balaban J connectivity index is 1.62. The van der Waals surface area contributed by atoms with Crippen molar-refractivity contribution in [3.8, 4) is 0 Å². The van der Waals surface area contributed by atoms with Crippen molar-refractivity contribution < 1.29 is 31.1 Å². The van der Waals surface area contributed by atoms with Crippen molar-refractivity contribution in [3.63, 3.8) is 0 Å². The molecule has 0 radical (unpaired) electrons. The van der Waals surface area contributed by atoms with Crippen LogP contribution < -0.4 is 10.0 Å². The lowest BCUT2D eigenvalue weighted by Gasteiger charge is -2.12. The van der Waals surface area contributed by atoms with Crippen molar-refractivity contribution in [1.29, 1.82) is 0 Å². The molecule has 0 saturated carbocycles. The second kappa shape index (κ2) is 8.52. The zero-order chi connectivity index (χ0) is 21.1. The Morgan fingerprint density at radius 2 is 1.72 bits per heavy atom. The van der Waals surface area contributed by atoms with Gasteiger partial charge in [0, 0.05) is 24.4 Å². The number of alkyl halides is 3. The number of halogens is 3. The van der Waals surface area contributed by atoms with Gasteiger partial charge >= 0.3 is 6.18 Å². The number of hydrogen-bond acceptors (Lipinski definition) is 4. The number of benzene rings is 2. The number of amides is 1. The lowest BCUT2D eigenvalue weighted by molar-refractivity contribution is -0.137. The molecule has 3 rings (SSSR count). The second-order valence-corrected chi connectivity index (χ2v) is 8.31. The van der Waals surface area contributed by atoms with Gasteiger partial charge in [-0.2, -0.15) is 13.2 Å². The fraction of sp³-hybridized carbons (Fsp3) is 0.316.